The third kappa shape index (κ3) is 4.63. The minimum atomic E-state index is -3.56. The molecule has 0 aliphatic carbocycles. The molecule has 0 radical (unpaired) electrons. The van der Waals surface area contributed by atoms with Crippen LogP contribution >= 0.6 is 24.8 Å². The van der Waals surface area contributed by atoms with Gasteiger partial charge in [-0.25, -0.2) is 0 Å². The maximum Gasteiger partial charge on any atom is 0.586 e. The van der Waals surface area contributed by atoms with Gasteiger partial charge in [-0.05, 0) is 12.5 Å². The molecule has 2 heterocycles. The van der Waals surface area contributed by atoms with E-state index >= 15 is 0 Å². The van der Waals surface area contributed by atoms with Crippen molar-refractivity contribution in [2.24, 2.45) is 0 Å². The van der Waals surface area contributed by atoms with Crippen molar-refractivity contribution in [2.75, 3.05) is 26.2 Å². The third-order valence-corrected chi connectivity index (χ3v) is 4.24. The first-order chi connectivity index (χ1) is 10.6. The van der Waals surface area contributed by atoms with E-state index in [1.807, 2.05) is 6.07 Å². The Hall–Kier alpha value is -0.820. The molecule has 0 aromatic heterocycles. The lowest BCUT2D eigenvalue weighted by molar-refractivity contribution is -0.287. The van der Waals surface area contributed by atoms with Gasteiger partial charge < -0.3 is 14.8 Å². The molecule has 0 amide bonds. The lowest BCUT2D eigenvalue weighted by Crippen LogP contribution is -2.45. The number of benzene rings is 1. The van der Waals surface area contributed by atoms with Crippen molar-refractivity contribution in [3.8, 4) is 11.5 Å². The summed E-state index contributed by atoms with van der Waals surface area (Å²) in [4.78, 5) is 2.35. The number of nitrogens with one attached hydrogen (secondary N) is 1. The van der Waals surface area contributed by atoms with E-state index in [4.69, 9.17) is 4.74 Å². The molecule has 0 saturated carbocycles. The molecule has 8 heteroatoms. The van der Waals surface area contributed by atoms with Crippen LogP contribution in [0, 0.1) is 0 Å². The number of ether oxygens (including phenoxy) is 2. The number of fused-ring (bicyclic) bond motifs is 1. The average molecular weight is 385 g/mol. The van der Waals surface area contributed by atoms with Crippen molar-refractivity contribution in [2.45, 2.75) is 38.5 Å². The van der Waals surface area contributed by atoms with Gasteiger partial charge in [-0.2, -0.15) is 0 Å². The van der Waals surface area contributed by atoms with E-state index in [-0.39, 0.29) is 42.4 Å². The van der Waals surface area contributed by atoms with Crippen LogP contribution in [0.15, 0.2) is 18.2 Å². The summed E-state index contributed by atoms with van der Waals surface area (Å²) in [6.45, 7) is 5.80. The minimum Gasteiger partial charge on any atom is -0.395 e. The zero-order valence-electron chi connectivity index (χ0n) is 13.6. The number of halogens is 4. The second kappa shape index (κ2) is 9.04. The molecule has 1 fully saturated rings. The highest BCUT2D eigenvalue weighted by atomic mass is 35.5. The number of unbranched alkanes of at least 4 members (excludes halogenated alkanes) is 1. The van der Waals surface area contributed by atoms with Crippen LogP contribution in [-0.4, -0.2) is 37.4 Å². The fourth-order valence-electron chi connectivity index (χ4n) is 3.18. The maximum absolute atomic E-state index is 13.4. The first-order valence-corrected chi connectivity index (χ1v) is 7.94. The average Bonchev–Trinajstić information content (AvgIpc) is 2.83. The number of hydrogen-bond donors (Lipinski definition) is 1. The smallest absolute Gasteiger partial charge is 0.395 e. The van der Waals surface area contributed by atoms with Gasteiger partial charge in [-0.15, -0.1) is 33.6 Å². The first-order valence-electron chi connectivity index (χ1n) is 7.94. The van der Waals surface area contributed by atoms with Crippen LogP contribution < -0.4 is 14.8 Å². The Kier molecular flexibility index (Phi) is 7.99. The molecular weight excluding hydrogens is 361 g/mol. The third-order valence-electron chi connectivity index (χ3n) is 4.24. The lowest BCUT2D eigenvalue weighted by Gasteiger charge is -2.35. The van der Waals surface area contributed by atoms with Crippen LogP contribution in [0.1, 0.15) is 37.8 Å². The van der Waals surface area contributed by atoms with Gasteiger partial charge in [-0.1, -0.05) is 31.9 Å². The molecule has 2 aliphatic heterocycles. The Morgan fingerprint density at radius 2 is 1.92 bits per heavy atom. The van der Waals surface area contributed by atoms with E-state index in [1.165, 1.54) is 6.07 Å². The standard InChI is InChI=1S/C16H22F2N2O2.2ClH/c1-2-3-6-13(20-10-8-19-9-11-20)12-5-4-7-14-15(12)22-16(17,18)21-14;;/h4-5,7,13,19H,2-3,6,8-11H2,1H3;2*1H/t13-;;/m1../s1. The number of piperazine rings is 1. The number of nitrogens with zero attached hydrogens (tertiary/aromatic N) is 1. The zero-order chi connectivity index (χ0) is 15.6. The highest BCUT2D eigenvalue weighted by molar-refractivity contribution is 5.85. The fourth-order valence-corrected chi connectivity index (χ4v) is 3.18. The van der Waals surface area contributed by atoms with Crippen molar-refractivity contribution >= 4 is 24.8 Å². The van der Waals surface area contributed by atoms with Crippen LogP contribution in [0.5, 0.6) is 11.5 Å². The van der Waals surface area contributed by atoms with E-state index in [2.05, 4.69) is 21.9 Å². The van der Waals surface area contributed by atoms with Crippen molar-refractivity contribution in [3.63, 3.8) is 0 Å². The molecule has 3 rings (SSSR count). The Labute approximate surface area is 153 Å². The second-order valence-corrected chi connectivity index (χ2v) is 5.79. The van der Waals surface area contributed by atoms with Crippen LogP contribution in [-0.2, 0) is 0 Å². The van der Waals surface area contributed by atoms with Gasteiger partial charge in [-0.3, -0.25) is 4.90 Å². The van der Waals surface area contributed by atoms with E-state index in [1.54, 1.807) is 6.07 Å². The van der Waals surface area contributed by atoms with Crippen molar-refractivity contribution in [3.05, 3.63) is 23.8 Å². The van der Waals surface area contributed by atoms with Crippen LogP contribution in [0.2, 0.25) is 0 Å². The molecule has 1 aromatic rings. The Bertz CT molecular complexity index is 529. The predicted octanol–water partition coefficient (Wildman–Crippen LogP) is 3.99. The molecule has 138 valence electrons. The van der Waals surface area contributed by atoms with Crippen molar-refractivity contribution in [1.82, 2.24) is 10.2 Å². The maximum atomic E-state index is 13.4. The van der Waals surface area contributed by atoms with Crippen LogP contribution in [0.25, 0.3) is 0 Å². The summed E-state index contributed by atoms with van der Waals surface area (Å²) >= 11 is 0. The molecule has 0 bridgehead atoms. The van der Waals surface area contributed by atoms with Gasteiger partial charge in [0.1, 0.15) is 0 Å². The SMILES string of the molecule is CCCC[C@H](c1cccc2c1OC(F)(F)O2)N1CCNCC1.Cl.Cl. The van der Waals surface area contributed by atoms with Crippen LogP contribution in [0.4, 0.5) is 8.78 Å². The first kappa shape index (κ1) is 21.2. The molecule has 24 heavy (non-hydrogen) atoms. The van der Waals surface area contributed by atoms with Gasteiger partial charge in [0.15, 0.2) is 11.5 Å². The van der Waals surface area contributed by atoms with Crippen molar-refractivity contribution < 1.29 is 18.3 Å². The molecule has 1 aromatic carbocycles. The summed E-state index contributed by atoms with van der Waals surface area (Å²) in [6.07, 6.45) is -0.500. The van der Waals surface area contributed by atoms with E-state index in [0.29, 0.717) is 0 Å². The van der Waals surface area contributed by atoms with E-state index in [9.17, 15) is 8.78 Å². The highest BCUT2D eigenvalue weighted by Gasteiger charge is 2.45. The minimum absolute atomic E-state index is 0. The molecular formula is C16H24Cl2F2N2O2. The Balaban J connectivity index is 0.00000144. The topological polar surface area (TPSA) is 33.7 Å². The fraction of sp³-hybridized carbons (Fsp3) is 0.625. The quantitative estimate of drug-likeness (QED) is 0.831. The lowest BCUT2D eigenvalue weighted by atomic mass is 9.97. The number of alkyl halides is 2. The molecule has 0 unspecified atom stereocenters. The molecule has 0 spiro atoms. The highest BCUT2D eigenvalue weighted by Crippen LogP contribution is 2.47. The normalized spacial score (nSPS) is 20.0. The molecule has 1 N–H and O–H groups in total. The van der Waals surface area contributed by atoms with Gasteiger partial charge in [0.05, 0.1) is 0 Å². The molecule has 2 aliphatic rings. The van der Waals surface area contributed by atoms with E-state index < -0.39 is 6.29 Å². The molecule has 4 nitrogen and oxygen atoms in total. The Morgan fingerprint density at radius 3 is 2.58 bits per heavy atom. The summed E-state index contributed by atoms with van der Waals surface area (Å²) < 4.78 is 36.2. The predicted molar refractivity (Wildman–Crippen MR) is 93.8 cm³/mol. The zero-order valence-corrected chi connectivity index (χ0v) is 15.2. The van der Waals surface area contributed by atoms with Crippen molar-refractivity contribution in [1.29, 1.82) is 0 Å². The largest absolute Gasteiger partial charge is 0.586 e. The van der Waals surface area contributed by atoms with Gasteiger partial charge >= 0.3 is 6.29 Å². The van der Waals surface area contributed by atoms with Crippen LogP contribution in [0.3, 0.4) is 0 Å². The summed E-state index contributed by atoms with van der Waals surface area (Å²) in [6, 6.07) is 5.27. The summed E-state index contributed by atoms with van der Waals surface area (Å²) in [5.41, 5.74) is 0.810. The summed E-state index contributed by atoms with van der Waals surface area (Å²) in [5, 5.41) is 3.32. The number of rotatable bonds is 5. The summed E-state index contributed by atoms with van der Waals surface area (Å²) in [7, 11) is 0. The van der Waals surface area contributed by atoms with Gasteiger partial charge in [0, 0.05) is 37.8 Å². The molecule has 1 atom stereocenters. The molecule has 1 saturated heterocycles. The summed E-state index contributed by atoms with van der Waals surface area (Å²) in [5.74, 6) is 0.339. The Morgan fingerprint density at radius 1 is 1.21 bits per heavy atom. The van der Waals surface area contributed by atoms with Gasteiger partial charge in [0.25, 0.3) is 0 Å². The second-order valence-electron chi connectivity index (χ2n) is 5.79. The van der Waals surface area contributed by atoms with E-state index in [0.717, 1.165) is 51.0 Å². The van der Waals surface area contributed by atoms with Gasteiger partial charge in [0.2, 0.25) is 0 Å². The number of hydrogen-bond acceptors (Lipinski definition) is 4. The number of para-hydroxylation sites is 1. The monoisotopic (exact) mass is 384 g/mol.